The highest BCUT2D eigenvalue weighted by Crippen LogP contribution is 2.19. The number of hydrogen-bond acceptors (Lipinski definition) is 4. The minimum absolute atomic E-state index is 0.0358. The van der Waals surface area contributed by atoms with Gasteiger partial charge < -0.3 is 10.6 Å². The summed E-state index contributed by atoms with van der Waals surface area (Å²) in [6.07, 6.45) is 5.23. The normalized spacial score (nSPS) is 12.2. The average molecular weight is 273 g/mol. The summed E-state index contributed by atoms with van der Waals surface area (Å²) in [7, 11) is 1.83. The van der Waals surface area contributed by atoms with Crippen molar-refractivity contribution in [2.24, 2.45) is 5.92 Å². The Morgan fingerprint density at radius 3 is 2.85 bits per heavy atom. The molecule has 0 radical (unpaired) electrons. The van der Waals surface area contributed by atoms with Crippen LogP contribution in [0.4, 0.5) is 5.69 Å². The molecule has 2 aromatic heterocycles. The minimum Gasteiger partial charge on any atom is -0.323 e. The molecule has 0 aliphatic heterocycles. The summed E-state index contributed by atoms with van der Waals surface area (Å²) in [5.74, 6) is 1.35. The molecular formula is C14H19N5O. The third kappa shape index (κ3) is 3.03. The van der Waals surface area contributed by atoms with Gasteiger partial charge in [-0.3, -0.25) is 9.36 Å². The van der Waals surface area contributed by atoms with Gasteiger partial charge in [-0.25, -0.2) is 9.97 Å². The molecule has 0 bridgehead atoms. The Morgan fingerprint density at radius 2 is 2.20 bits per heavy atom. The van der Waals surface area contributed by atoms with Crippen LogP contribution in [0.15, 0.2) is 30.7 Å². The van der Waals surface area contributed by atoms with Gasteiger partial charge in [0.2, 0.25) is 5.91 Å². The summed E-state index contributed by atoms with van der Waals surface area (Å²) in [5.41, 5.74) is 0.682. The number of anilines is 1. The SMILES string of the molecule is CNCC(C)C(=O)Nc1cccnc1-n1ccnc1C. The van der Waals surface area contributed by atoms with Crippen LogP contribution in [0.25, 0.3) is 5.82 Å². The minimum atomic E-state index is -0.114. The van der Waals surface area contributed by atoms with E-state index in [0.29, 0.717) is 18.1 Å². The first-order valence-electron chi connectivity index (χ1n) is 6.54. The van der Waals surface area contributed by atoms with Gasteiger partial charge in [0, 0.05) is 31.1 Å². The van der Waals surface area contributed by atoms with Gasteiger partial charge in [0.05, 0.1) is 5.69 Å². The zero-order chi connectivity index (χ0) is 14.5. The Balaban J connectivity index is 2.25. The molecule has 0 aliphatic carbocycles. The average Bonchev–Trinajstić information content (AvgIpc) is 2.86. The fourth-order valence-corrected chi connectivity index (χ4v) is 1.94. The zero-order valence-electron chi connectivity index (χ0n) is 11.9. The van der Waals surface area contributed by atoms with E-state index in [1.807, 2.05) is 37.7 Å². The molecule has 0 spiro atoms. The predicted octanol–water partition coefficient (Wildman–Crippen LogP) is 1.37. The largest absolute Gasteiger partial charge is 0.323 e. The summed E-state index contributed by atoms with van der Waals surface area (Å²) < 4.78 is 1.85. The first kappa shape index (κ1) is 14.2. The second kappa shape index (κ2) is 6.29. The molecule has 1 unspecified atom stereocenters. The van der Waals surface area contributed by atoms with E-state index in [2.05, 4.69) is 20.6 Å². The van der Waals surface area contributed by atoms with Crippen molar-refractivity contribution in [2.45, 2.75) is 13.8 Å². The molecule has 0 fully saturated rings. The number of aryl methyl sites for hydroxylation is 1. The van der Waals surface area contributed by atoms with Crippen LogP contribution in [0.5, 0.6) is 0 Å². The Morgan fingerprint density at radius 1 is 1.40 bits per heavy atom. The van der Waals surface area contributed by atoms with E-state index in [9.17, 15) is 4.79 Å². The first-order chi connectivity index (χ1) is 9.63. The van der Waals surface area contributed by atoms with Crippen molar-refractivity contribution in [1.82, 2.24) is 19.9 Å². The third-order valence-corrected chi connectivity index (χ3v) is 3.06. The molecule has 6 nitrogen and oxygen atoms in total. The molecule has 106 valence electrons. The molecule has 2 rings (SSSR count). The molecule has 1 amide bonds. The summed E-state index contributed by atoms with van der Waals surface area (Å²) in [4.78, 5) is 20.6. The van der Waals surface area contributed by atoms with Crippen LogP contribution in [0, 0.1) is 12.8 Å². The Hall–Kier alpha value is -2.21. The molecule has 20 heavy (non-hydrogen) atoms. The topological polar surface area (TPSA) is 71.8 Å². The molecule has 0 aliphatic rings. The number of aromatic nitrogens is 3. The highest BCUT2D eigenvalue weighted by atomic mass is 16.1. The lowest BCUT2D eigenvalue weighted by atomic mass is 10.1. The molecule has 0 saturated heterocycles. The van der Waals surface area contributed by atoms with Gasteiger partial charge in [-0.2, -0.15) is 0 Å². The van der Waals surface area contributed by atoms with Gasteiger partial charge in [-0.05, 0) is 26.1 Å². The van der Waals surface area contributed by atoms with Gasteiger partial charge in [-0.15, -0.1) is 0 Å². The number of hydrogen-bond donors (Lipinski definition) is 2. The van der Waals surface area contributed by atoms with E-state index in [-0.39, 0.29) is 11.8 Å². The van der Waals surface area contributed by atoms with E-state index in [1.165, 1.54) is 0 Å². The van der Waals surface area contributed by atoms with E-state index in [1.54, 1.807) is 18.5 Å². The fourth-order valence-electron chi connectivity index (χ4n) is 1.94. The molecule has 0 aromatic carbocycles. The van der Waals surface area contributed by atoms with Crippen LogP contribution >= 0.6 is 0 Å². The van der Waals surface area contributed by atoms with E-state index >= 15 is 0 Å². The number of amides is 1. The molecule has 1 atom stereocenters. The van der Waals surface area contributed by atoms with Gasteiger partial charge in [0.1, 0.15) is 5.82 Å². The van der Waals surface area contributed by atoms with Crippen molar-refractivity contribution >= 4 is 11.6 Å². The van der Waals surface area contributed by atoms with E-state index in [0.717, 1.165) is 5.82 Å². The molecule has 2 aromatic rings. The number of imidazole rings is 1. The monoisotopic (exact) mass is 273 g/mol. The maximum atomic E-state index is 12.1. The van der Waals surface area contributed by atoms with Gasteiger partial charge in [0.25, 0.3) is 0 Å². The van der Waals surface area contributed by atoms with Crippen molar-refractivity contribution in [3.05, 3.63) is 36.5 Å². The number of nitrogens with zero attached hydrogens (tertiary/aromatic N) is 3. The summed E-state index contributed by atoms with van der Waals surface area (Å²) in [5, 5.41) is 5.91. The van der Waals surface area contributed by atoms with Gasteiger partial charge in [-0.1, -0.05) is 6.92 Å². The van der Waals surface area contributed by atoms with Crippen molar-refractivity contribution in [3.8, 4) is 5.82 Å². The quantitative estimate of drug-likeness (QED) is 0.863. The van der Waals surface area contributed by atoms with Crippen LogP contribution in [0.3, 0.4) is 0 Å². The van der Waals surface area contributed by atoms with Crippen LogP contribution in [-0.4, -0.2) is 34.0 Å². The molecule has 2 N–H and O–H groups in total. The van der Waals surface area contributed by atoms with Crippen molar-refractivity contribution in [3.63, 3.8) is 0 Å². The summed E-state index contributed by atoms with van der Waals surface area (Å²) in [6, 6.07) is 3.64. The van der Waals surface area contributed by atoms with Crippen molar-refractivity contribution in [1.29, 1.82) is 0 Å². The second-order valence-electron chi connectivity index (χ2n) is 4.67. The number of rotatable bonds is 5. The summed E-state index contributed by atoms with van der Waals surface area (Å²) >= 11 is 0. The third-order valence-electron chi connectivity index (χ3n) is 3.06. The molecule has 6 heteroatoms. The Kier molecular flexibility index (Phi) is 4.47. The van der Waals surface area contributed by atoms with Gasteiger partial charge in [0.15, 0.2) is 5.82 Å². The maximum absolute atomic E-state index is 12.1. The van der Waals surface area contributed by atoms with Crippen LogP contribution in [0.2, 0.25) is 0 Å². The van der Waals surface area contributed by atoms with Crippen molar-refractivity contribution in [2.75, 3.05) is 18.9 Å². The van der Waals surface area contributed by atoms with Gasteiger partial charge >= 0.3 is 0 Å². The molecule has 2 heterocycles. The number of pyridine rings is 1. The summed E-state index contributed by atoms with van der Waals surface area (Å²) in [6.45, 7) is 4.40. The number of carbonyl (C=O) groups excluding carboxylic acids is 1. The smallest absolute Gasteiger partial charge is 0.228 e. The highest BCUT2D eigenvalue weighted by Gasteiger charge is 2.15. The molecular weight excluding hydrogens is 254 g/mol. The highest BCUT2D eigenvalue weighted by molar-refractivity contribution is 5.94. The zero-order valence-corrected chi connectivity index (χ0v) is 11.9. The predicted molar refractivity (Wildman–Crippen MR) is 77.8 cm³/mol. The van der Waals surface area contributed by atoms with E-state index in [4.69, 9.17) is 0 Å². The number of nitrogens with one attached hydrogen (secondary N) is 2. The lowest BCUT2D eigenvalue weighted by Gasteiger charge is -2.14. The van der Waals surface area contributed by atoms with Crippen LogP contribution < -0.4 is 10.6 Å². The van der Waals surface area contributed by atoms with Crippen LogP contribution in [0.1, 0.15) is 12.7 Å². The standard InChI is InChI=1S/C14H19N5O/c1-10(9-15-3)14(20)18-12-5-4-6-17-13(12)19-8-7-16-11(19)2/h4-8,10,15H,9H2,1-3H3,(H,18,20). The lowest BCUT2D eigenvalue weighted by Crippen LogP contribution is -2.29. The fraction of sp³-hybridized carbons (Fsp3) is 0.357. The Labute approximate surface area is 118 Å². The molecule has 0 saturated carbocycles. The van der Waals surface area contributed by atoms with Crippen molar-refractivity contribution < 1.29 is 4.79 Å². The van der Waals surface area contributed by atoms with E-state index < -0.39 is 0 Å². The van der Waals surface area contributed by atoms with Crippen LogP contribution in [-0.2, 0) is 4.79 Å². The maximum Gasteiger partial charge on any atom is 0.228 e. The lowest BCUT2D eigenvalue weighted by molar-refractivity contribution is -0.119. The Bertz CT molecular complexity index is 593. The second-order valence-corrected chi connectivity index (χ2v) is 4.67. The first-order valence-corrected chi connectivity index (χ1v) is 6.54. The number of carbonyl (C=O) groups is 1.